The molecule has 17 aromatic rings. The van der Waals surface area contributed by atoms with Crippen molar-refractivity contribution in [1.29, 1.82) is 0 Å². The zero-order valence-corrected chi connectivity index (χ0v) is 47.5. The quantitative estimate of drug-likeness (QED) is 0.127. The molecule has 16 aromatic carbocycles. The van der Waals surface area contributed by atoms with Crippen LogP contribution in [0.2, 0.25) is 0 Å². The third-order valence-corrected chi connectivity index (χ3v) is 17.7. The maximum Gasteiger partial charge on any atom is 0.143 e. The Kier molecular flexibility index (Phi) is 11.9. The summed E-state index contributed by atoms with van der Waals surface area (Å²) in [6.45, 7) is 0. The van der Waals surface area contributed by atoms with Crippen LogP contribution in [-0.4, -0.2) is 0 Å². The molecule has 1 aromatic heterocycles. The summed E-state index contributed by atoms with van der Waals surface area (Å²) < 4.78 is 7.40. The predicted molar refractivity (Wildman–Crippen MR) is 370 cm³/mol. The summed E-state index contributed by atoms with van der Waals surface area (Å²) in [6.07, 6.45) is 0. The number of rotatable bonds is 10. The molecule has 0 radical (unpaired) electrons. The Morgan fingerprint density at radius 3 is 0.966 bits per heavy atom. The minimum Gasteiger partial charge on any atom is -0.455 e. The van der Waals surface area contributed by atoms with Crippen molar-refractivity contribution in [3.63, 3.8) is 0 Å². The number of fused-ring (bicyclic) bond motifs is 14. The van der Waals surface area contributed by atoms with Crippen molar-refractivity contribution >= 4 is 121 Å². The van der Waals surface area contributed by atoms with Gasteiger partial charge in [-0.15, -0.1) is 0 Å². The summed E-state index contributed by atoms with van der Waals surface area (Å²) in [7, 11) is 0. The molecular formula is C84H54N2O. The van der Waals surface area contributed by atoms with E-state index in [0.29, 0.717) is 0 Å². The molecule has 3 heteroatoms. The second-order valence-corrected chi connectivity index (χ2v) is 22.8. The summed E-state index contributed by atoms with van der Waals surface area (Å²) in [5.74, 6) is 0. The summed E-state index contributed by atoms with van der Waals surface area (Å²) >= 11 is 0. The van der Waals surface area contributed by atoms with Crippen LogP contribution in [0.5, 0.6) is 0 Å². The van der Waals surface area contributed by atoms with Crippen molar-refractivity contribution in [2.75, 3.05) is 9.80 Å². The van der Waals surface area contributed by atoms with Crippen molar-refractivity contribution in [2.24, 2.45) is 0 Å². The van der Waals surface area contributed by atoms with Gasteiger partial charge in [0, 0.05) is 56.3 Å². The lowest BCUT2D eigenvalue weighted by atomic mass is 9.95. The Morgan fingerprint density at radius 2 is 0.517 bits per heavy atom. The molecule has 87 heavy (non-hydrogen) atoms. The average Bonchev–Trinajstić information content (AvgIpc) is 2.05. The van der Waals surface area contributed by atoms with Gasteiger partial charge in [0.1, 0.15) is 11.2 Å². The largest absolute Gasteiger partial charge is 0.455 e. The molecular weight excluding hydrogens is 1050 g/mol. The maximum atomic E-state index is 7.40. The molecule has 0 N–H and O–H groups in total. The second-order valence-electron chi connectivity index (χ2n) is 22.8. The molecule has 0 fully saturated rings. The van der Waals surface area contributed by atoms with Crippen molar-refractivity contribution in [3.05, 3.63) is 328 Å². The van der Waals surface area contributed by atoms with Gasteiger partial charge >= 0.3 is 0 Å². The van der Waals surface area contributed by atoms with Gasteiger partial charge in [-0.3, -0.25) is 0 Å². The Balaban J connectivity index is 0.883. The molecule has 0 spiro atoms. The van der Waals surface area contributed by atoms with Crippen LogP contribution in [0, 0.1) is 0 Å². The lowest BCUT2D eigenvalue weighted by Gasteiger charge is -2.28. The lowest BCUT2D eigenvalue weighted by molar-refractivity contribution is 0.673. The molecule has 0 aliphatic heterocycles. The van der Waals surface area contributed by atoms with Crippen LogP contribution in [0.4, 0.5) is 34.1 Å². The summed E-state index contributed by atoms with van der Waals surface area (Å²) in [5, 5.41) is 16.3. The molecule has 3 nitrogen and oxygen atoms in total. The minimum atomic E-state index is 0.819. The summed E-state index contributed by atoms with van der Waals surface area (Å²) in [5.41, 5.74) is 17.1. The number of furan rings is 1. The van der Waals surface area contributed by atoms with Gasteiger partial charge < -0.3 is 14.2 Å². The van der Waals surface area contributed by atoms with Crippen molar-refractivity contribution in [1.82, 2.24) is 0 Å². The van der Waals surface area contributed by atoms with Gasteiger partial charge in [-0.2, -0.15) is 0 Å². The zero-order valence-electron chi connectivity index (χ0n) is 47.5. The van der Waals surface area contributed by atoms with Crippen LogP contribution >= 0.6 is 0 Å². The highest BCUT2D eigenvalue weighted by molar-refractivity contribution is 6.31. The number of hydrogen-bond acceptors (Lipinski definition) is 3. The van der Waals surface area contributed by atoms with E-state index in [1.165, 1.54) is 43.1 Å². The molecule has 1 heterocycles. The van der Waals surface area contributed by atoms with Crippen LogP contribution in [0.15, 0.2) is 332 Å². The van der Waals surface area contributed by atoms with Crippen molar-refractivity contribution < 1.29 is 4.42 Å². The molecule has 0 bridgehead atoms. The highest BCUT2D eigenvalue weighted by Crippen LogP contribution is 2.48. The highest BCUT2D eigenvalue weighted by atomic mass is 16.3. The van der Waals surface area contributed by atoms with Gasteiger partial charge in [0.15, 0.2) is 0 Å². The number of hydrogen-bond donors (Lipinski definition) is 0. The fourth-order valence-electron chi connectivity index (χ4n) is 13.5. The smallest absolute Gasteiger partial charge is 0.143 e. The normalized spacial score (nSPS) is 11.7. The van der Waals surface area contributed by atoms with E-state index >= 15 is 0 Å². The first-order valence-corrected chi connectivity index (χ1v) is 29.9. The minimum absolute atomic E-state index is 0.819. The van der Waals surface area contributed by atoms with Crippen molar-refractivity contribution in [3.8, 4) is 44.5 Å². The van der Waals surface area contributed by atoms with Gasteiger partial charge in [-0.25, -0.2) is 0 Å². The number of benzene rings is 16. The average molecular weight is 1110 g/mol. The molecule has 17 rings (SSSR count). The van der Waals surface area contributed by atoms with E-state index in [1.807, 2.05) is 0 Å². The standard InChI is InChI=1S/C84H54N2O/c1-5-19-55(20-6-1)63-45-64(56-21-7-2-8-22-56)48-71(47-63)85(67-39-37-61-35-33-59-27-13-15-29-73(59)79(61)51-67)69-41-43-77-81(53-69)75-31-17-18-32-76(75)83-78-44-42-70(54-82(78)87-84(77)83)86(68-40-38-62-36-34-60-28-14-16-30-74(60)80(62)52-68)72-49-65(57-23-9-3-10-24-57)46-66(50-72)58-25-11-4-12-26-58/h1-54H. The maximum absolute atomic E-state index is 7.40. The first-order chi connectivity index (χ1) is 43.1. The van der Waals surface area contributed by atoms with E-state index in [-0.39, 0.29) is 0 Å². The van der Waals surface area contributed by atoms with E-state index in [2.05, 4.69) is 337 Å². The molecule has 0 aliphatic rings. The topological polar surface area (TPSA) is 19.6 Å². The molecule has 0 saturated carbocycles. The summed E-state index contributed by atoms with van der Waals surface area (Å²) in [4.78, 5) is 4.86. The Bertz CT molecular complexity index is 5410. The van der Waals surface area contributed by atoms with Crippen LogP contribution < -0.4 is 9.80 Å². The molecule has 0 unspecified atom stereocenters. The van der Waals surface area contributed by atoms with Gasteiger partial charge in [-0.05, 0) is 195 Å². The van der Waals surface area contributed by atoms with E-state index < -0.39 is 0 Å². The van der Waals surface area contributed by atoms with Gasteiger partial charge in [0.25, 0.3) is 0 Å². The van der Waals surface area contributed by atoms with E-state index in [9.17, 15) is 0 Å². The first kappa shape index (κ1) is 50.0. The van der Waals surface area contributed by atoms with E-state index in [1.54, 1.807) is 0 Å². The fourth-order valence-corrected chi connectivity index (χ4v) is 13.5. The Labute approximate surface area is 504 Å². The molecule has 0 saturated heterocycles. The zero-order chi connectivity index (χ0) is 57.4. The molecule has 406 valence electrons. The Morgan fingerprint density at radius 1 is 0.184 bits per heavy atom. The van der Waals surface area contributed by atoms with Crippen LogP contribution in [0.25, 0.3) is 131 Å². The third-order valence-electron chi connectivity index (χ3n) is 17.7. The summed E-state index contributed by atoms with van der Waals surface area (Å²) in [6, 6.07) is 120. The first-order valence-electron chi connectivity index (χ1n) is 29.9. The van der Waals surface area contributed by atoms with Gasteiger partial charge in [0.2, 0.25) is 0 Å². The van der Waals surface area contributed by atoms with Crippen LogP contribution in [0.3, 0.4) is 0 Å². The molecule has 0 atom stereocenters. The SMILES string of the molecule is c1ccc(-c2cc(-c3ccccc3)cc(N(c3ccc4c(c3)oc3c5ccc(N(c6cc(-c7ccccc7)cc(-c7ccccc7)c6)c6ccc7ccc8ccccc8c7c6)cc5c5ccccc5c43)c3ccc4ccc5ccccc5c4c3)c2)cc1. The monoisotopic (exact) mass is 1110 g/mol. The lowest BCUT2D eigenvalue weighted by Crippen LogP contribution is -2.10. The van der Waals surface area contributed by atoms with Gasteiger partial charge in [-0.1, -0.05) is 231 Å². The second kappa shape index (κ2) is 20.7. The predicted octanol–water partition coefficient (Wildman–Crippen LogP) is 24.1. The fraction of sp³-hybridized carbons (Fsp3) is 0. The molecule has 0 aliphatic carbocycles. The van der Waals surface area contributed by atoms with Crippen LogP contribution in [0.1, 0.15) is 0 Å². The number of anilines is 6. The number of nitrogens with zero attached hydrogens (tertiary/aromatic N) is 2. The van der Waals surface area contributed by atoms with E-state index in [0.717, 1.165) is 122 Å². The van der Waals surface area contributed by atoms with Gasteiger partial charge in [0.05, 0.1) is 0 Å². The van der Waals surface area contributed by atoms with Crippen LogP contribution in [-0.2, 0) is 0 Å². The van der Waals surface area contributed by atoms with Crippen molar-refractivity contribution in [2.45, 2.75) is 0 Å². The third kappa shape index (κ3) is 8.75. The highest BCUT2D eigenvalue weighted by Gasteiger charge is 2.24. The Hall–Kier alpha value is -11.5. The van der Waals surface area contributed by atoms with E-state index in [4.69, 9.17) is 4.42 Å². The molecule has 0 amide bonds.